The Morgan fingerprint density at radius 2 is 1.75 bits per heavy atom. The highest BCUT2D eigenvalue weighted by Crippen LogP contribution is 2.33. The Morgan fingerprint density at radius 3 is 2.33 bits per heavy atom. The van der Waals surface area contributed by atoms with Crippen molar-refractivity contribution in [2.24, 2.45) is 11.8 Å². The van der Waals surface area contributed by atoms with Crippen LogP contribution < -0.4 is 0 Å². The molecule has 2 heterocycles. The summed E-state index contributed by atoms with van der Waals surface area (Å²) >= 11 is 0. The zero-order valence-corrected chi connectivity index (χ0v) is 13.1. The Morgan fingerprint density at radius 1 is 1.12 bits per heavy atom. The van der Waals surface area contributed by atoms with Crippen molar-refractivity contribution in [3.05, 3.63) is 35.4 Å². The van der Waals surface area contributed by atoms with Gasteiger partial charge in [0.15, 0.2) is 0 Å². The van der Waals surface area contributed by atoms with E-state index >= 15 is 0 Å². The van der Waals surface area contributed by atoms with Gasteiger partial charge in [-0.05, 0) is 37.3 Å². The van der Waals surface area contributed by atoms with Gasteiger partial charge in [-0.3, -0.25) is 9.59 Å². The van der Waals surface area contributed by atoms with E-state index in [2.05, 4.69) is 0 Å². The molecule has 7 heteroatoms. The van der Waals surface area contributed by atoms with E-state index in [1.807, 2.05) is 0 Å². The summed E-state index contributed by atoms with van der Waals surface area (Å²) in [5.74, 6) is -3.72. The molecule has 1 aromatic rings. The maximum absolute atomic E-state index is 13.7. The molecule has 1 unspecified atom stereocenters. The molecule has 130 valence electrons. The minimum Gasteiger partial charge on any atom is -0.481 e. The summed E-state index contributed by atoms with van der Waals surface area (Å²) in [4.78, 5) is 25.0. The Balaban J connectivity index is 1.65. The molecule has 0 spiro atoms. The lowest BCUT2D eigenvalue weighted by atomic mass is 9.84. The number of hydrogen-bond acceptors (Lipinski definition) is 3. The standard InChI is InChI=1S/C17H19F2NO4/c18-12-2-1-3-13(19)14(12)16(21)20-7-4-10(5-8-20)15-11(17(22)23)6-9-24-15/h1-3,10-11,15H,4-9H2,(H,22,23)/t11?,15-/m0/s1. The van der Waals surface area contributed by atoms with Gasteiger partial charge >= 0.3 is 5.97 Å². The predicted octanol–water partition coefficient (Wildman–Crippen LogP) is 2.31. The number of aliphatic carboxylic acids is 1. The van der Waals surface area contributed by atoms with Crippen molar-refractivity contribution >= 4 is 11.9 Å². The van der Waals surface area contributed by atoms with Gasteiger partial charge in [-0.2, -0.15) is 0 Å². The van der Waals surface area contributed by atoms with Crippen LogP contribution in [0.1, 0.15) is 29.6 Å². The van der Waals surface area contributed by atoms with Crippen molar-refractivity contribution in [3.63, 3.8) is 0 Å². The average Bonchev–Trinajstić information content (AvgIpc) is 3.04. The molecule has 5 nitrogen and oxygen atoms in total. The molecule has 1 amide bonds. The maximum atomic E-state index is 13.7. The minimum atomic E-state index is -0.868. The third-order valence-electron chi connectivity index (χ3n) is 4.92. The molecule has 3 rings (SSSR count). The Kier molecular flexibility index (Phi) is 4.80. The number of carboxylic acid groups (broad SMARTS) is 1. The van der Waals surface area contributed by atoms with E-state index in [0.717, 1.165) is 12.1 Å². The highest BCUT2D eigenvalue weighted by molar-refractivity contribution is 5.94. The summed E-state index contributed by atoms with van der Waals surface area (Å²) in [6.07, 6.45) is 1.29. The fraction of sp³-hybridized carbons (Fsp3) is 0.529. The molecule has 1 N–H and O–H groups in total. The van der Waals surface area contributed by atoms with Crippen LogP contribution in [0.15, 0.2) is 18.2 Å². The van der Waals surface area contributed by atoms with Gasteiger partial charge in [-0.15, -0.1) is 0 Å². The molecular formula is C17H19F2NO4. The van der Waals surface area contributed by atoms with E-state index in [4.69, 9.17) is 4.74 Å². The number of ether oxygens (including phenoxy) is 1. The summed E-state index contributed by atoms with van der Waals surface area (Å²) in [7, 11) is 0. The van der Waals surface area contributed by atoms with Crippen LogP contribution in [0.5, 0.6) is 0 Å². The smallest absolute Gasteiger partial charge is 0.309 e. The molecule has 0 aromatic heterocycles. The SMILES string of the molecule is O=C(O)C1CCO[C@H]1C1CCN(C(=O)c2c(F)cccc2F)CC1. The average molecular weight is 339 g/mol. The lowest BCUT2D eigenvalue weighted by Gasteiger charge is -2.35. The summed E-state index contributed by atoms with van der Waals surface area (Å²) < 4.78 is 33.1. The first kappa shape index (κ1) is 16.8. The van der Waals surface area contributed by atoms with Crippen LogP contribution >= 0.6 is 0 Å². The van der Waals surface area contributed by atoms with Crippen LogP contribution in [0.2, 0.25) is 0 Å². The monoisotopic (exact) mass is 339 g/mol. The zero-order valence-electron chi connectivity index (χ0n) is 13.1. The van der Waals surface area contributed by atoms with E-state index in [-0.39, 0.29) is 12.0 Å². The topological polar surface area (TPSA) is 66.8 Å². The van der Waals surface area contributed by atoms with E-state index in [1.165, 1.54) is 11.0 Å². The number of piperidine rings is 1. The first-order chi connectivity index (χ1) is 11.5. The first-order valence-electron chi connectivity index (χ1n) is 8.06. The predicted molar refractivity (Wildman–Crippen MR) is 80.5 cm³/mol. The largest absolute Gasteiger partial charge is 0.481 e. The van der Waals surface area contributed by atoms with Crippen molar-refractivity contribution in [1.82, 2.24) is 4.90 Å². The number of halogens is 2. The van der Waals surface area contributed by atoms with Crippen LogP contribution in [0.4, 0.5) is 8.78 Å². The van der Waals surface area contributed by atoms with Gasteiger partial charge < -0.3 is 14.7 Å². The summed E-state index contributed by atoms with van der Waals surface area (Å²) in [6, 6.07) is 3.34. The molecule has 2 saturated heterocycles. The van der Waals surface area contributed by atoms with Crippen molar-refractivity contribution in [2.45, 2.75) is 25.4 Å². The Labute approximate surface area is 138 Å². The molecule has 2 fully saturated rings. The number of rotatable bonds is 3. The van der Waals surface area contributed by atoms with E-state index < -0.39 is 35.0 Å². The van der Waals surface area contributed by atoms with Crippen molar-refractivity contribution in [3.8, 4) is 0 Å². The second-order valence-electron chi connectivity index (χ2n) is 6.30. The third-order valence-corrected chi connectivity index (χ3v) is 4.92. The summed E-state index contributed by atoms with van der Waals surface area (Å²) in [6.45, 7) is 1.11. The van der Waals surface area contributed by atoms with Crippen LogP contribution in [0, 0.1) is 23.5 Å². The summed E-state index contributed by atoms with van der Waals surface area (Å²) in [5.41, 5.74) is -0.531. The van der Waals surface area contributed by atoms with Crippen molar-refractivity contribution < 1.29 is 28.2 Å². The van der Waals surface area contributed by atoms with E-state index in [0.29, 0.717) is 39.0 Å². The zero-order chi connectivity index (χ0) is 17.3. The van der Waals surface area contributed by atoms with E-state index in [1.54, 1.807) is 0 Å². The number of hydrogen-bond donors (Lipinski definition) is 1. The quantitative estimate of drug-likeness (QED) is 0.918. The van der Waals surface area contributed by atoms with Gasteiger partial charge in [0.2, 0.25) is 0 Å². The molecule has 2 aliphatic rings. The summed E-state index contributed by atoms with van der Waals surface area (Å²) in [5, 5.41) is 9.24. The van der Waals surface area contributed by atoms with Gasteiger partial charge in [0.1, 0.15) is 17.2 Å². The number of likely N-dealkylation sites (tertiary alicyclic amines) is 1. The van der Waals surface area contributed by atoms with Crippen LogP contribution in [-0.2, 0) is 9.53 Å². The number of nitrogens with zero attached hydrogens (tertiary/aromatic N) is 1. The lowest BCUT2D eigenvalue weighted by Crippen LogP contribution is -2.43. The van der Waals surface area contributed by atoms with Gasteiger partial charge in [-0.25, -0.2) is 8.78 Å². The maximum Gasteiger partial charge on any atom is 0.309 e. The Bertz CT molecular complexity index is 623. The molecule has 0 aliphatic carbocycles. The van der Waals surface area contributed by atoms with Gasteiger partial charge in [0, 0.05) is 19.7 Å². The molecule has 0 radical (unpaired) electrons. The van der Waals surface area contributed by atoms with Crippen molar-refractivity contribution in [2.75, 3.05) is 19.7 Å². The van der Waals surface area contributed by atoms with Gasteiger partial charge in [0.25, 0.3) is 5.91 Å². The molecule has 0 saturated carbocycles. The van der Waals surface area contributed by atoms with Crippen LogP contribution in [0.3, 0.4) is 0 Å². The van der Waals surface area contributed by atoms with Gasteiger partial charge in [-0.1, -0.05) is 6.07 Å². The molecular weight excluding hydrogens is 320 g/mol. The number of benzene rings is 1. The van der Waals surface area contributed by atoms with Crippen molar-refractivity contribution in [1.29, 1.82) is 0 Å². The minimum absolute atomic E-state index is 0.0446. The number of amides is 1. The molecule has 2 aliphatic heterocycles. The fourth-order valence-corrected chi connectivity index (χ4v) is 3.63. The second-order valence-corrected chi connectivity index (χ2v) is 6.30. The second kappa shape index (κ2) is 6.84. The number of carbonyl (C=O) groups is 2. The fourth-order valence-electron chi connectivity index (χ4n) is 3.63. The first-order valence-corrected chi connectivity index (χ1v) is 8.06. The number of carbonyl (C=O) groups excluding carboxylic acids is 1. The van der Waals surface area contributed by atoms with Crippen LogP contribution in [0.25, 0.3) is 0 Å². The molecule has 0 bridgehead atoms. The lowest BCUT2D eigenvalue weighted by molar-refractivity contribution is -0.145. The highest BCUT2D eigenvalue weighted by Gasteiger charge is 2.41. The number of carboxylic acids is 1. The normalized spacial score (nSPS) is 25.0. The van der Waals surface area contributed by atoms with Crippen LogP contribution in [-0.4, -0.2) is 47.7 Å². The molecule has 1 aromatic carbocycles. The van der Waals surface area contributed by atoms with E-state index in [9.17, 15) is 23.5 Å². The Hall–Kier alpha value is -2.02. The highest BCUT2D eigenvalue weighted by atomic mass is 19.1. The molecule has 24 heavy (non-hydrogen) atoms. The third kappa shape index (κ3) is 3.13. The van der Waals surface area contributed by atoms with Gasteiger partial charge in [0.05, 0.1) is 12.0 Å². The molecule has 2 atom stereocenters.